The van der Waals surface area contributed by atoms with Gasteiger partial charge in [0.25, 0.3) is 0 Å². The van der Waals surface area contributed by atoms with Gasteiger partial charge < -0.3 is 5.32 Å². The first-order valence-corrected chi connectivity index (χ1v) is 7.83. The lowest BCUT2D eigenvalue weighted by molar-refractivity contribution is 0.0766. The van der Waals surface area contributed by atoms with E-state index in [1.165, 1.54) is 32.4 Å². The minimum absolute atomic E-state index is 0.488. The van der Waals surface area contributed by atoms with E-state index >= 15 is 0 Å². The average molecular weight is 254 g/mol. The van der Waals surface area contributed by atoms with Crippen molar-refractivity contribution in [1.82, 2.24) is 10.2 Å². The molecule has 0 amide bonds. The SMILES string of the molecule is CCCNC(C)C(C)N1CCC(C(C)(C)C)CC1. The molecule has 0 aliphatic carbocycles. The van der Waals surface area contributed by atoms with E-state index in [9.17, 15) is 0 Å². The molecule has 0 saturated carbocycles. The van der Waals surface area contributed by atoms with Crippen LogP contribution in [0.5, 0.6) is 0 Å². The molecule has 0 radical (unpaired) electrons. The third-order valence-electron chi connectivity index (χ3n) is 4.77. The first-order valence-electron chi connectivity index (χ1n) is 7.83. The van der Waals surface area contributed by atoms with Gasteiger partial charge in [0.15, 0.2) is 0 Å². The van der Waals surface area contributed by atoms with Crippen molar-refractivity contribution >= 4 is 0 Å². The first-order chi connectivity index (χ1) is 8.36. The van der Waals surface area contributed by atoms with Crippen LogP contribution in [-0.2, 0) is 0 Å². The quantitative estimate of drug-likeness (QED) is 0.807. The zero-order valence-electron chi connectivity index (χ0n) is 13.4. The lowest BCUT2D eigenvalue weighted by Gasteiger charge is -2.42. The molecule has 2 nitrogen and oxygen atoms in total. The number of piperidine rings is 1. The Bertz CT molecular complexity index is 224. The van der Waals surface area contributed by atoms with Crippen LogP contribution in [0.3, 0.4) is 0 Å². The molecular formula is C16H34N2. The lowest BCUT2D eigenvalue weighted by Crippen LogP contribution is -2.50. The Balaban J connectivity index is 2.38. The third-order valence-corrected chi connectivity index (χ3v) is 4.77. The van der Waals surface area contributed by atoms with Gasteiger partial charge >= 0.3 is 0 Å². The summed E-state index contributed by atoms with van der Waals surface area (Å²) in [6, 6.07) is 1.27. The van der Waals surface area contributed by atoms with Crippen molar-refractivity contribution < 1.29 is 0 Å². The molecule has 1 aliphatic rings. The molecular weight excluding hydrogens is 220 g/mol. The topological polar surface area (TPSA) is 15.3 Å². The van der Waals surface area contributed by atoms with E-state index in [0.717, 1.165) is 12.5 Å². The van der Waals surface area contributed by atoms with Crippen LogP contribution >= 0.6 is 0 Å². The second-order valence-corrected chi connectivity index (χ2v) is 7.16. The van der Waals surface area contributed by atoms with Crippen LogP contribution in [-0.4, -0.2) is 36.6 Å². The molecule has 2 heteroatoms. The van der Waals surface area contributed by atoms with Crippen molar-refractivity contribution in [3.8, 4) is 0 Å². The van der Waals surface area contributed by atoms with Gasteiger partial charge in [0.05, 0.1) is 0 Å². The Kier molecular flexibility index (Phi) is 6.13. The molecule has 2 unspecified atom stereocenters. The fourth-order valence-corrected chi connectivity index (χ4v) is 3.03. The van der Waals surface area contributed by atoms with E-state index in [1.54, 1.807) is 0 Å². The van der Waals surface area contributed by atoms with Crippen molar-refractivity contribution in [2.75, 3.05) is 19.6 Å². The highest BCUT2D eigenvalue weighted by atomic mass is 15.2. The van der Waals surface area contributed by atoms with Crippen LogP contribution in [0.25, 0.3) is 0 Å². The van der Waals surface area contributed by atoms with E-state index in [2.05, 4.69) is 51.8 Å². The Morgan fingerprint density at radius 1 is 1.17 bits per heavy atom. The highest BCUT2D eigenvalue weighted by molar-refractivity contribution is 4.85. The van der Waals surface area contributed by atoms with Gasteiger partial charge in [-0.3, -0.25) is 4.90 Å². The summed E-state index contributed by atoms with van der Waals surface area (Å²) < 4.78 is 0. The molecule has 1 saturated heterocycles. The average Bonchev–Trinajstić information content (AvgIpc) is 2.34. The number of likely N-dealkylation sites (tertiary alicyclic amines) is 1. The summed E-state index contributed by atoms with van der Waals surface area (Å²) in [5.74, 6) is 0.903. The Labute approximate surface area is 115 Å². The van der Waals surface area contributed by atoms with E-state index < -0.39 is 0 Å². The van der Waals surface area contributed by atoms with Crippen LogP contribution in [0.15, 0.2) is 0 Å². The molecule has 1 N–H and O–H groups in total. The summed E-state index contributed by atoms with van der Waals surface area (Å²) in [4.78, 5) is 2.68. The number of hydrogen-bond acceptors (Lipinski definition) is 2. The first kappa shape index (κ1) is 16.0. The monoisotopic (exact) mass is 254 g/mol. The lowest BCUT2D eigenvalue weighted by atomic mass is 9.75. The molecule has 0 aromatic rings. The van der Waals surface area contributed by atoms with Gasteiger partial charge in [0.1, 0.15) is 0 Å². The second kappa shape index (κ2) is 6.91. The van der Waals surface area contributed by atoms with Crippen LogP contribution in [0.1, 0.15) is 60.8 Å². The van der Waals surface area contributed by atoms with Gasteiger partial charge in [-0.25, -0.2) is 0 Å². The minimum Gasteiger partial charge on any atom is -0.313 e. The predicted octanol–water partition coefficient (Wildman–Crippen LogP) is 3.52. The molecule has 1 rings (SSSR count). The normalized spacial score (nSPS) is 23.0. The summed E-state index contributed by atoms with van der Waals surface area (Å²) in [6.45, 7) is 17.8. The molecule has 1 heterocycles. The predicted molar refractivity (Wildman–Crippen MR) is 81.0 cm³/mol. The van der Waals surface area contributed by atoms with Crippen molar-refractivity contribution in [1.29, 1.82) is 0 Å². The van der Waals surface area contributed by atoms with Gasteiger partial charge in [0, 0.05) is 12.1 Å². The van der Waals surface area contributed by atoms with Crippen LogP contribution in [0.2, 0.25) is 0 Å². The maximum absolute atomic E-state index is 3.63. The van der Waals surface area contributed by atoms with E-state index in [0.29, 0.717) is 17.5 Å². The van der Waals surface area contributed by atoms with Crippen molar-refractivity contribution in [3.05, 3.63) is 0 Å². The Morgan fingerprint density at radius 3 is 2.17 bits per heavy atom. The van der Waals surface area contributed by atoms with Crippen molar-refractivity contribution in [3.63, 3.8) is 0 Å². The molecule has 1 aliphatic heterocycles. The fraction of sp³-hybridized carbons (Fsp3) is 1.00. The Morgan fingerprint density at radius 2 is 1.72 bits per heavy atom. The standard InChI is InChI=1S/C16H34N2/c1-7-10-17-13(2)14(3)18-11-8-15(9-12-18)16(4,5)6/h13-15,17H,7-12H2,1-6H3. The highest BCUT2D eigenvalue weighted by Gasteiger charge is 2.31. The summed E-state index contributed by atoms with van der Waals surface area (Å²) in [5.41, 5.74) is 0.488. The summed E-state index contributed by atoms with van der Waals surface area (Å²) in [5, 5.41) is 3.63. The molecule has 0 bridgehead atoms. The van der Waals surface area contributed by atoms with E-state index in [4.69, 9.17) is 0 Å². The summed E-state index contributed by atoms with van der Waals surface area (Å²) >= 11 is 0. The molecule has 0 aromatic heterocycles. The smallest absolute Gasteiger partial charge is 0.0218 e. The van der Waals surface area contributed by atoms with Gasteiger partial charge in [-0.05, 0) is 64.1 Å². The largest absolute Gasteiger partial charge is 0.313 e. The van der Waals surface area contributed by atoms with E-state index in [1.807, 2.05) is 0 Å². The summed E-state index contributed by atoms with van der Waals surface area (Å²) in [6.07, 6.45) is 3.96. The van der Waals surface area contributed by atoms with Gasteiger partial charge in [-0.1, -0.05) is 27.7 Å². The maximum Gasteiger partial charge on any atom is 0.0218 e. The van der Waals surface area contributed by atoms with Crippen LogP contribution in [0, 0.1) is 11.3 Å². The highest BCUT2D eigenvalue weighted by Crippen LogP contribution is 2.34. The van der Waals surface area contributed by atoms with E-state index in [-0.39, 0.29) is 0 Å². The molecule has 18 heavy (non-hydrogen) atoms. The number of nitrogens with one attached hydrogen (secondary N) is 1. The van der Waals surface area contributed by atoms with Crippen LogP contribution in [0.4, 0.5) is 0 Å². The van der Waals surface area contributed by atoms with Gasteiger partial charge in [-0.2, -0.15) is 0 Å². The number of hydrogen-bond donors (Lipinski definition) is 1. The van der Waals surface area contributed by atoms with Gasteiger partial charge in [-0.15, -0.1) is 0 Å². The number of nitrogens with zero attached hydrogens (tertiary/aromatic N) is 1. The molecule has 0 spiro atoms. The number of rotatable bonds is 5. The van der Waals surface area contributed by atoms with Crippen molar-refractivity contribution in [2.45, 2.75) is 72.9 Å². The fourth-order valence-electron chi connectivity index (χ4n) is 3.03. The molecule has 1 fully saturated rings. The molecule has 108 valence electrons. The van der Waals surface area contributed by atoms with Crippen molar-refractivity contribution in [2.24, 2.45) is 11.3 Å². The zero-order valence-corrected chi connectivity index (χ0v) is 13.4. The summed E-state index contributed by atoms with van der Waals surface area (Å²) in [7, 11) is 0. The second-order valence-electron chi connectivity index (χ2n) is 7.16. The molecule has 0 aromatic carbocycles. The molecule has 2 atom stereocenters. The zero-order chi connectivity index (χ0) is 13.8. The maximum atomic E-state index is 3.63. The van der Waals surface area contributed by atoms with Crippen LogP contribution < -0.4 is 5.32 Å². The Hall–Kier alpha value is -0.0800. The van der Waals surface area contributed by atoms with Gasteiger partial charge in [0.2, 0.25) is 0 Å². The minimum atomic E-state index is 0.488. The third kappa shape index (κ3) is 4.55.